The molecule has 8 nitrogen and oxygen atoms in total. The lowest BCUT2D eigenvalue weighted by Gasteiger charge is -2.16. The molecule has 4 rings (SSSR count). The molecule has 1 aromatic heterocycles. The number of nitrogens with zero attached hydrogens (tertiary/aromatic N) is 4. The Morgan fingerprint density at radius 2 is 1.96 bits per heavy atom. The molecular weight excluding hydrogens is 402 g/mol. The summed E-state index contributed by atoms with van der Waals surface area (Å²) in [6, 6.07) is 10.1. The van der Waals surface area contributed by atoms with Gasteiger partial charge in [0.2, 0.25) is 10.0 Å². The highest BCUT2D eigenvalue weighted by Crippen LogP contribution is 2.31. The number of carbonyl (C=O) groups is 1. The number of hydrogen-bond donors (Lipinski definition) is 1. The molecule has 1 aliphatic heterocycles. The summed E-state index contributed by atoms with van der Waals surface area (Å²) in [4.78, 5) is 16.7. The molecule has 0 aliphatic carbocycles. The Labute approximate surface area is 166 Å². The van der Waals surface area contributed by atoms with Crippen molar-refractivity contribution in [3.63, 3.8) is 0 Å². The monoisotopic (exact) mass is 417 g/mol. The molecule has 3 aromatic rings. The molecule has 0 spiro atoms. The fourth-order valence-corrected chi connectivity index (χ4v) is 4.32. The maximum absolute atomic E-state index is 12.8. The highest BCUT2D eigenvalue weighted by Gasteiger charge is 2.26. The van der Waals surface area contributed by atoms with Crippen LogP contribution in [0.5, 0.6) is 0 Å². The van der Waals surface area contributed by atoms with Gasteiger partial charge < -0.3 is 5.32 Å². The van der Waals surface area contributed by atoms with Crippen molar-refractivity contribution in [2.45, 2.75) is 6.42 Å². The maximum Gasteiger partial charge on any atom is 0.255 e. The predicted octanol–water partition coefficient (Wildman–Crippen LogP) is 2.50. The van der Waals surface area contributed by atoms with Gasteiger partial charge in [-0.15, -0.1) is 0 Å². The quantitative estimate of drug-likeness (QED) is 0.703. The number of amides is 1. The van der Waals surface area contributed by atoms with Gasteiger partial charge in [-0.05, 0) is 48.4 Å². The molecule has 10 heteroatoms. The number of nitrogens with one attached hydrogen (secondary N) is 1. The molecule has 1 amide bonds. The number of rotatable bonds is 4. The Morgan fingerprint density at radius 1 is 1.18 bits per heavy atom. The third kappa shape index (κ3) is 3.46. The van der Waals surface area contributed by atoms with E-state index in [1.165, 1.54) is 27.9 Å². The molecule has 0 atom stereocenters. The van der Waals surface area contributed by atoms with Crippen molar-refractivity contribution < 1.29 is 13.2 Å². The molecular formula is C18H16ClN5O3S. The smallest absolute Gasteiger partial charge is 0.255 e. The molecule has 0 radical (unpaired) electrons. The molecule has 0 fully saturated rings. The Balaban J connectivity index is 1.63. The normalized spacial score (nSPS) is 13.4. The Kier molecular flexibility index (Phi) is 4.56. The number of anilines is 2. The fraction of sp³-hybridized carbons (Fsp3) is 0.167. The van der Waals surface area contributed by atoms with Crippen LogP contribution in [0.3, 0.4) is 0 Å². The van der Waals surface area contributed by atoms with Crippen molar-refractivity contribution in [2.24, 2.45) is 0 Å². The number of halogens is 1. The third-order valence-electron chi connectivity index (χ3n) is 4.47. The van der Waals surface area contributed by atoms with Gasteiger partial charge in [0, 0.05) is 17.1 Å². The molecule has 0 saturated heterocycles. The van der Waals surface area contributed by atoms with Crippen molar-refractivity contribution >= 4 is 38.9 Å². The molecule has 0 bridgehead atoms. The van der Waals surface area contributed by atoms with Gasteiger partial charge in [0.15, 0.2) is 0 Å². The SMILES string of the molecule is CS(=O)(=O)N1CCc2cc(C(=O)Nc3cc(Cl)ccc3-n3cncn3)ccc21. The van der Waals surface area contributed by atoms with Crippen molar-refractivity contribution in [2.75, 3.05) is 22.4 Å². The zero-order valence-electron chi connectivity index (χ0n) is 14.8. The second kappa shape index (κ2) is 6.92. The molecule has 1 aliphatic rings. The lowest BCUT2D eigenvalue weighted by molar-refractivity contribution is 0.102. The van der Waals surface area contributed by atoms with E-state index in [-0.39, 0.29) is 5.91 Å². The van der Waals surface area contributed by atoms with Crippen LogP contribution in [0.15, 0.2) is 49.1 Å². The average Bonchev–Trinajstić information content (AvgIpc) is 3.30. The molecule has 0 saturated carbocycles. The Hall–Kier alpha value is -2.91. The van der Waals surface area contributed by atoms with Crippen LogP contribution in [0.2, 0.25) is 5.02 Å². The van der Waals surface area contributed by atoms with Gasteiger partial charge >= 0.3 is 0 Å². The first-order valence-electron chi connectivity index (χ1n) is 8.39. The predicted molar refractivity (Wildman–Crippen MR) is 107 cm³/mol. The van der Waals surface area contributed by atoms with E-state index in [9.17, 15) is 13.2 Å². The zero-order chi connectivity index (χ0) is 19.9. The van der Waals surface area contributed by atoms with Gasteiger partial charge in [0.05, 0.1) is 23.3 Å². The first-order chi connectivity index (χ1) is 13.3. The fourth-order valence-electron chi connectivity index (χ4n) is 3.19. The number of hydrogen-bond acceptors (Lipinski definition) is 5. The van der Waals surface area contributed by atoms with Crippen molar-refractivity contribution in [3.8, 4) is 5.69 Å². The van der Waals surface area contributed by atoms with Crippen LogP contribution < -0.4 is 9.62 Å². The molecule has 144 valence electrons. The minimum atomic E-state index is -3.33. The van der Waals surface area contributed by atoms with Crippen LogP contribution in [-0.2, 0) is 16.4 Å². The van der Waals surface area contributed by atoms with Gasteiger partial charge in [-0.1, -0.05) is 11.6 Å². The maximum atomic E-state index is 12.8. The summed E-state index contributed by atoms with van der Waals surface area (Å²) in [5.41, 5.74) is 2.98. The first kappa shape index (κ1) is 18.5. The van der Waals surface area contributed by atoms with E-state index in [1.54, 1.807) is 36.4 Å². The Bertz CT molecular complexity index is 1160. The molecule has 28 heavy (non-hydrogen) atoms. The zero-order valence-corrected chi connectivity index (χ0v) is 16.4. The number of aromatic nitrogens is 3. The summed E-state index contributed by atoms with van der Waals surface area (Å²) in [6.45, 7) is 0.379. The summed E-state index contributed by atoms with van der Waals surface area (Å²) in [5.74, 6) is -0.329. The van der Waals surface area contributed by atoms with Gasteiger partial charge in [0.25, 0.3) is 5.91 Å². The topological polar surface area (TPSA) is 97.2 Å². The molecule has 2 heterocycles. The minimum Gasteiger partial charge on any atom is -0.320 e. The van der Waals surface area contributed by atoms with Gasteiger partial charge in [0.1, 0.15) is 12.7 Å². The van der Waals surface area contributed by atoms with Crippen LogP contribution in [0, 0.1) is 0 Å². The minimum absolute atomic E-state index is 0.329. The second-order valence-corrected chi connectivity index (χ2v) is 8.73. The van der Waals surface area contributed by atoms with Crippen LogP contribution in [0.1, 0.15) is 15.9 Å². The second-order valence-electron chi connectivity index (χ2n) is 6.38. The van der Waals surface area contributed by atoms with E-state index in [0.717, 1.165) is 5.56 Å². The van der Waals surface area contributed by atoms with Crippen LogP contribution >= 0.6 is 11.6 Å². The van der Waals surface area contributed by atoms with Gasteiger partial charge in [-0.3, -0.25) is 9.10 Å². The molecule has 0 unspecified atom stereocenters. The lowest BCUT2D eigenvalue weighted by atomic mass is 10.1. The van der Waals surface area contributed by atoms with Crippen LogP contribution in [0.25, 0.3) is 5.69 Å². The lowest BCUT2D eigenvalue weighted by Crippen LogP contribution is -2.27. The number of carbonyl (C=O) groups excluding carboxylic acids is 1. The highest BCUT2D eigenvalue weighted by atomic mass is 35.5. The number of sulfonamides is 1. The van der Waals surface area contributed by atoms with Crippen LogP contribution in [-0.4, -0.2) is 41.9 Å². The largest absolute Gasteiger partial charge is 0.320 e. The van der Waals surface area contributed by atoms with E-state index in [1.807, 2.05) is 0 Å². The van der Waals surface area contributed by atoms with Gasteiger partial charge in [-0.2, -0.15) is 5.10 Å². The summed E-state index contributed by atoms with van der Waals surface area (Å²) >= 11 is 6.08. The van der Waals surface area contributed by atoms with Gasteiger partial charge in [-0.25, -0.2) is 18.1 Å². The Morgan fingerprint density at radius 3 is 2.68 bits per heavy atom. The third-order valence-corrected chi connectivity index (χ3v) is 5.88. The van der Waals surface area contributed by atoms with Crippen molar-refractivity contribution in [1.29, 1.82) is 0 Å². The summed E-state index contributed by atoms with van der Waals surface area (Å²) in [5, 5.41) is 7.40. The average molecular weight is 418 g/mol. The van der Waals surface area contributed by atoms with Crippen LogP contribution in [0.4, 0.5) is 11.4 Å². The summed E-state index contributed by atoms with van der Waals surface area (Å²) in [6.07, 6.45) is 4.65. The van der Waals surface area contributed by atoms with E-state index in [4.69, 9.17) is 11.6 Å². The number of fused-ring (bicyclic) bond motifs is 1. The first-order valence-corrected chi connectivity index (χ1v) is 10.6. The molecule has 2 aromatic carbocycles. The van der Waals surface area contributed by atoms with Crippen molar-refractivity contribution in [3.05, 3.63) is 65.2 Å². The van der Waals surface area contributed by atoms with Crippen molar-refractivity contribution in [1.82, 2.24) is 14.8 Å². The standard InChI is InChI=1S/C18H16ClN5O3S/c1-28(26,27)24-7-6-12-8-13(2-4-16(12)24)18(25)22-15-9-14(19)3-5-17(15)23-11-20-10-21-23/h2-5,8-11H,6-7H2,1H3,(H,22,25). The highest BCUT2D eigenvalue weighted by molar-refractivity contribution is 7.92. The summed E-state index contributed by atoms with van der Waals surface area (Å²) < 4.78 is 26.6. The van der Waals surface area contributed by atoms with E-state index in [0.29, 0.717) is 40.6 Å². The van der Waals surface area contributed by atoms with E-state index in [2.05, 4.69) is 15.4 Å². The molecule has 1 N–H and O–H groups in total. The summed E-state index contributed by atoms with van der Waals surface area (Å²) in [7, 11) is -3.33. The number of benzene rings is 2. The van der Waals surface area contributed by atoms with E-state index < -0.39 is 10.0 Å². The van der Waals surface area contributed by atoms with E-state index >= 15 is 0 Å².